The third-order valence-corrected chi connectivity index (χ3v) is 6.29. The number of hydrogen-bond donors (Lipinski definition) is 1. The van der Waals surface area contributed by atoms with Gasteiger partial charge in [0.25, 0.3) is 0 Å². The highest BCUT2D eigenvalue weighted by atomic mass is 35.5. The minimum absolute atomic E-state index is 0.00818. The number of nitrogens with zero attached hydrogens (tertiary/aromatic N) is 2. The fraction of sp³-hybridized carbons (Fsp3) is 0.227. The Morgan fingerprint density at radius 3 is 2.63 bits per heavy atom. The van der Waals surface area contributed by atoms with Crippen LogP contribution in [0.15, 0.2) is 54.0 Å². The summed E-state index contributed by atoms with van der Waals surface area (Å²) in [4.78, 5) is 31.8. The molecule has 1 aliphatic heterocycles. The fourth-order valence-electron chi connectivity index (χ4n) is 3.06. The SMILES string of the molecule is C=CCN1C(=O)[C@H](CC(=O)Nc2cc(Cl)ccc2Cl)SC1=Nc1c(C)cccc1C. The minimum atomic E-state index is -0.578. The van der Waals surface area contributed by atoms with E-state index in [0.717, 1.165) is 16.8 Å². The highest BCUT2D eigenvalue weighted by Crippen LogP contribution is 2.34. The van der Waals surface area contributed by atoms with Crippen molar-refractivity contribution in [3.8, 4) is 0 Å². The highest BCUT2D eigenvalue weighted by Gasteiger charge is 2.38. The van der Waals surface area contributed by atoms with E-state index in [1.807, 2.05) is 32.0 Å². The minimum Gasteiger partial charge on any atom is -0.325 e. The summed E-state index contributed by atoms with van der Waals surface area (Å²) >= 11 is 13.4. The molecular formula is C22H21Cl2N3O2S. The number of carbonyl (C=O) groups is 2. The number of carbonyl (C=O) groups excluding carboxylic acids is 2. The van der Waals surface area contributed by atoms with Gasteiger partial charge >= 0.3 is 0 Å². The number of aliphatic imine (C=N–C) groups is 1. The molecule has 0 saturated carbocycles. The Hall–Kier alpha value is -2.28. The van der Waals surface area contributed by atoms with Crippen molar-refractivity contribution in [3.63, 3.8) is 0 Å². The van der Waals surface area contributed by atoms with Crippen molar-refractivity contribution in [1.82, 2.24) is 4.90 Å². The fourth-order valence-corrected chi connectivity index (χ4v) is 4.55. The van der Waals surface area contributed by atoms with Gasteiger partial charge in [-0.1, -0.05) is 59.2 Å². The molecule has 30 heavy (non-hydrogen) atoms. The van der Waals surface area contributed by atoms with Gasteiger partial charge in [-0.2, -0.15) is 0 Å². The predicted octanol–water partition coefficient (Wildman–Crippen LogP) is 5.76. The second-order valence-corrected chi connectivity index (χ2v) is 8.87. The molecule has 3 rings (SSSR count). The van der Waals surface area contributed by atoms with E-state index in [1.54, 1.807) is 29.2 Å². The van der Waals surface area contributed by atoms with E-state index in [-0.39, 0.29) is 18.2 Å². The van der Waals surface area contributed by atoms with Gasteiger partial charge in [-0.25, -0.2) is 4.99 Å². The molecule has 2 amide bonds. The average molecular weight is 462 g/mol. The molecule has 0 aliphatic carbocycles. The monoisotopic (exact) mass is 461 g/mol. The topological polar surface area (TPSA) is 61.8 Å². The van der Waals surface area contributed by atoms with Gasteiger partial charge in [0, 0.05) is 18.0 Å². The maximum atomic E-state index is 12.9. The van der Waals surface area contributed by atoms with Gasteiger partial charge in [0.15, 0.2) is 5.17 Å². The van der Waals surface area contributed by atoms with Crippen LogP contribution in [0.5, 0.6) is 0 Å². The Balaban J connectivity index is 1.80. The third-order valence-electron chi connectivity index (χ3n) is 4.55. The Labute approximate surface area is 190 Å². The molecule has 0 radical (unpaired) electrons. The zero-order valence-electron chi connectivity index (χ0n) is 16.6. The van der Waals surface area contributed by atoms with E-state index >= 15 is 0 Å². The van der Waals surface area contributed by atoms with Crippen LogP contribution < -0.4 is 5.32 Å². The van der Waals surface area contributed by atoms with Crippen LogP contribution in [0.3, 0.4) is 0 Å². The molecule has 1 fully saturated rings. The Kier molecular flexibility index (Phi) is 7.23. The van der Waals surface area contributed by atoms with Crippen LogP contribution in [0.2, 0.25) is 10.0 Å². The summed E-state index contributed by atoms with van der Waals surface area (Å²) in [6.07, 6.45) is 1.64. The number of amidine groups is 1. The number of hydrogen-bond acceptors (Lipinski definition) is 4. The average Bonchev–Trinajstić information content (AvgIpc) is 2.97. The number of anilines is 1. The second-order valence-electron chi connectivity index (χ2n) is 6.86. The van der Waals surface area contributed by atoms with E-state index in [2.05, 4.69) is 11.9 Å². The maximum Gasteiger partial charge on any atom is 0.242 e. The van der Waals surface area contributed by atoms with Gasteiger partial charge in [0.1, 0.15) is 5.25 Å². The van der Waals surface area contributed by atoms with Crippen LogP contribution in [0.1, 0.15) is 17.5 Å². The van der Waals surface area contributed by atoms with Crippen molar-refractivity contribution >= 4 is 63.3 Å². The Morgan fingerprint density at radius 1 is 1.27 bits per heavy atom. The lowest BCUT2D eigenvalue weighted by atomic mass is 10.1. The van der Waals surface area contributed by atoms with Crippen LogP contribution >= 0.6 is 35.0 Å². The molecule has 0 aromatic heterocycles. The lowest BCUT2D eigenvalue weighted by Gasteiger charge is -2.15. The first kappa shape index (κ1) is 22.4. The van der Waals surface area contributed by atoms with Gasteiger partial charge < -0.3 is 5.32 Å². The Bertz CT molecular complexity index is 1020. The number of para-hydroxylation sites is 1. The number of benzene rings is 2. The van der Waals surface area contributed by atoms with Crippen molar-refractivity contribution in [2.45, 2.75) is 25.5 Å². The van der Waals surface area contributed by atoms with E-state index in [0.29, 0.717) is 27.4 Å². The van der Waals surface area contributed by atoms with Crippen molar-refractivity contribution < 1.29 is 9.59 Å². The van der Waals surface area contributed by atoms with Gasteiger partial charge in [-0.3, -0.25) is 14.5 Å². The Morgan fingerprint density at radius 2 is 1.97 bits per heavy atom. The number of aryl methyl sites for hydroxylation is 2. The highest BCUT2D eigenvalue weighted by molar-refractivity contribution is 8.15. The number of rotatable bonds is 6. The lowest BCUT2D eigenvalue weighted by Crippen LogP contribution is -2.33. The number of thioether (sulfide) groups is 1. The zero-order valence-corrected chi connectivity index (χ0v) is 18.9. The molecule has 1 heterocycles. The molecule has 5 nitrogen and oxygen atoms in total. The molecule has 2 aromatic rings. The third kappa shape index (κ3) is 5.06. The standard InChI is InChI=1S/C22H21Cl2N3O2S/c1-4-10-27-21(29)18(12-19(28)25-17-11-15(23)8-9-16(17)24)30-22(27)26-20-13(2)6-5-7-14(20)3/h4-9,11,18H,1,10,12H2,2-3H3,(H,25,28)/t18-/m0/s1. The van der Waals surface area contributed by atoms with Crippen LogP contribution in [0, 0.1) is 13.8 Å². The van der Waals surface area contributed by atoms with E-state index in [1.165, 1.54) is 11.8 Å². The van der Waals surface area contributed by atoms with Gasteiger partial charge in [0.2, 0.25) is 11.8 Å². The first-order valence-electron chi connectivity index (χ1n) is 9.29. The first-order chi connectivity index (χ1) is 14.3. The van der Waals surface area contributed by atoms with Crippen molar-refractivity contribution in [2.75, 3.05) is 11.9 Å². The van der Waals surface area contributed by atoms with Crippen LogP contribution in [-0.2, 0) is 9.59 Å². The quantitative estimate of drug-likeness (QED) is 0.556. The van der Waals surface area contributed by atoms with E-state index in [9.17, 15) is 9.59 Å². The van der Waals surface area contributed by atoms with Crippen LogP contribution in [0.4, 0.5) is 11.4 Å². The molecule has 1 saturated heterocycles. The molecule has 1 atom stereocenters. The molecule has 8 heteroatoms. The molecule has 0 bridgehead atoms. The summed E-state index contributed by atoms with van der Waals surface area (Å²) in [6.45, 7) is 8.01. The van der Waals surface area contributed by atoms with Gasteiger partial charge in [-0.15, -0.1) is 6.58 Å². The second kappa shape index (κ2) is 9.69. The summed E-state index contributed by atoms with van der Waals surface area (Å²) in [7, 11) is 0. The summed E-state index contributed by atoms with van der Waals surface area (Å²) < 4.78 is 0. The maximum absolute atomic E-state index is 12.9. The predicted molar refractivity (Wildman–Crippen MR) is 126 cm³/mol. The lowest BCUT2D eigenvalue weighted by molar-refractivity contribution is -0.127. The number of amides is 2. The summed E-state index contributed by atoms with van der Waals surface area (Å²) in [5, 5.41) is 3.55. The summed E-state index contributed by atoms with van der Waals surface area (Å²) in [5.74, 6) is -0.492. The molecule has 1 aliphatic rings. The molecule has 0 unspecified atom stereocenters. The smallest absolute Gasteiger partial charge is 0.242 e. The molecule has 1 N–H and O–H groups in total. The number of halogens is 2. The summed E-state index contributed by atoms with van der Waals surface area (Å²) in [6, 6.07) is 10.7. The number of nitrogens with one attached hydrogen (secondary N) is 1. The molecular weight excluding hydrogens is 441 g/mol. The molecule has 0 spiro atoms. The van der Waals surface area contributed by atoms with Crippen LogP contribution in [0.25, 0.3) is 0 Å². The van der Waals surface area contributed by atoms with Crippen LogP contribution in [-0.4, -0.2) is 33.7 Å². The van der Waals surface area contributed by atoms with Crippen molar-refractivity contribution in [2.24, 2.45) is 4.99 Å². The van der Waals surface area contributed by atoms with Crippen molar-refractivity contribution in [1.29, 1.82) is 0 Å². The molecule has 2 aromatic carbocycles. The largest absolute Gasteiger partial charge is 0.325 e. The van der Waals surface area contributed by atoms with E-state index in [4.69, 9.17) is 28.2 Å². The van der Waals surface area contributed by atoms with Crippen molar-refractivity contribution in [3.05, 3.63) is 70.2 Å². The summed E-state index contributed by atoms with van der Waals surface area (Å²) in [5.41, 5.74) is 3.28. The van der Waals surface area contributed by atoms with Gasteiger partial charge in [0.05, 0.1) is 16.4 Å². The normalized spacial score (nSPS) is 17.5. The van der Waals surface area contributed by atoms with E-state index < -0.39 is 5.25 Å². The van der Waals surface area contributed by atoms with Gasteiger partial charge in [-0.05, 0) is 43.2 Å². The first-order valence-corrected chi connectivity index (χ1v) is 10.9. The molecule has 156 valence electrons. The zero-order chi connectivity index (χ0) is 21.8.